The van der Waals surface area contributed by atoms with E-state index in [0.717, 1.165) is 5.56 Å². The first-order chi connectivity index (χ1) is 12.9. The standard InChI is InChI=1S/C19H16F2N6/c1-10-3-6-13(7-4-10)24-18-16(21)17(22)25-19(26-18)27-11(2)23-14-9-12(20)5-8-15(14)27/h3-9H,1-2H3,(H3,22,24,25,26). The van der Waals surface area contributed by atoms with E-state index < -0.39 is 11.6 Å². The number of rotatable bonds is 3. The molecular weight excluding hydrogens is 350 g/mol. The molecule has 0 saturated carbocycles. The molecule has 4 rings (SSSR count). The topological polar surface area (TPSA) is 81.7 Å². The van der Waals surface area contributed by atoms with E-state index in [4.69, 9.17) is 5.73 Å². The molecule has 0 aliphatic heterocycles. The number of aromatic nitrogens is 4. The van der Waals surface area contributed by atoms with Gasteiger partial charge in [-0.05, 0) is 38.1 Å². The van der Waals surface area contributed by atoms with Crippen LogP contribution >= 0.6 is 0 Å². The third-order valence-electron chi connectivity index (χ3n) is 4.16. The Balaban J connectivity index is 1.84. The van der Waals surface area contributed by atoms with Gasteiger partial charge in [-0.25, -0.2) is 9.37 Å². The summed E-state index contributed by atoms with van der Waals surface area (Å²) in [6, 6.07) is 11.6. The molecule has 136 valence electrons. The summed E-state index contributed by atoms with van der Waals surface area (Å²) >= 11 is 0. The van der Waals surface area contributed by atoms with Gasteiger partial charge in [-0.15, -0.1) is 0 Å². The van der Waals surface area contributed by atoms with E-state index in [2.05, 4.69) is 20.3 Å². The predicted molar refractivity (Wildman–Crippen MR) is 100 cm³/mol. The summed E-state index contributed by atoms with van der Waals surface area (Å²) in [7, 11) is 0. The molecule has 0 fully saturated rings. The molecule has 4 aromatic rings. The van der Waals surface area contributed by atoms with Crippen molar-refractivity contribution in [1.82, 2.24) is 19.5 Å². The van der Waals surface area contributed by atoms with Crippen molar-refractivity contribution >= 4 is 28.4 Å². The molecule has 0 aliphatic rings. The first-order valence-corrected chi connectivity index (χ1v) is 8.24. The number of nitrogens with two attached hydrogens (primary N) is 1. The van der Waals surface area contributed by atoms with Gasteiger partial charge in [-0.3, -0.25) is 4.57 Å². The molecule has 6 nitrogen and oxygen atoms in total. The van der Waals surface area contributed by atoms with Gasteiger partial charge in [0.2, 0.25) is 11.8 Å². The van der Waals surface area contributed by atoms with Crippen LogP contribution in [0.15, 0.2) is 42.5 Å². The number of halogens is 2. The number of fused-ring (bicyclic) bond motifs is 1. The van der Waals surface area contributed by atoms with Gasteiger partial charge in [0.1, 0.15) is 11.6 Å². The molecule has 0 radical (unpaired) electrons. The van der Waals surface area contributed by atoms with Crippen molar-refractivity contribution in [2.45, 2.75) is 13.8 Å². The molecule has 0 amide bonds. The molecule has 0 spiro atoms. The van der Waals surface area contributed by atoms with Crippen LogP contribution in [0.1, 0.15) is 11.4 Å². The molecule has 8 heteroatoms. The summed E-state index contributed by atoms with van der Waals surface area (Å²) in [6.45, 7) is 3.69. The van der Waals surface area contributed by atoms with Crippen LogP contribution in [0.25, 0.3) is 17.0 Å². The van der Waals surface area contributed by atoms with E-state index in [1.54, 1.807) is 17.6 Å². The van der Waals surface area contributed by atoms with Gasteiger partial charge in [0.05, 0.1) is 11.0 Å². The van der Waals surface area contributed by atoms with Gasteiger partial charge in [0, 0.05) is 11.8 Å². The maximum atomic E-state index is 14.5. The Bertz CT molecular complexity index is 1150. The second kappa shape index (κ2) is 6.31. The fraction of sp³-hybridized carbons (Fsp3) is 0.105. The van der Waals surface area contributed by atoms with Crippen molar-refractivity contribution in [1.29, 1.82) is 0 Å². The van der Waals surface area contributed by atoms with Gasteiger partial charge in [-0.1, -0.05) is 17.7 Å². The zero-order valence-corrected chi connectivity index (χ0v) is 14.7. The number of imidazole rings is 1. The van der Waals surface area contributed by atoms with Crippen LogP contribution < -0.4 is 11.1 Å². The third kappa shape index (κ3) is 3.05. The molecule has 0 atom stereocenters. The fourth-order valence-corrected chi connectivity index (χ4v) is 2.83. The molecule has 2 heterocycles. The van der Waals surface area contributed by atoms with Crippen molar-refractivity contribution in [3.8, 4) is 5.95 Å². The Morgan fingerprint density at radius 2 is 1.70 bits per heavy atom. The smallest absolute Gasteiger partial charge is 0.239 e. The van der Waals surface area contributed by atoms with Crippen molar-refractivity contribution in [3.05, 3.63) is 65.5 Å². The lowest BCUT2D eigenvalue weighted by molar-refractivity contribution is 0.622. The number of anilines is 3. The molecule has 2 aromatic carbocycles. The fourth-order valence-electron chi connectivity index (χ4n) is 2.83. The van der Waals surface area contributed by atoms with E-state index >= 15 is 0 Å². The zero-order chi connectivity index (χ0) is 19.1. The second-order valence-corrected chi connectivity index (χ2v) is 6.19. The lowest BCUT2D eigenvalue weighted by Crippen LogP contribution is -2.10. The highest BCUT2D eigenvalue weighted by Gasteiger charge is 2.17. The molecule has 3 N–H and O–H groups in total. The zero-order valence-electron chi connectivity index (χ0n) is 14.7. The van der Waals surface area contributed by atoms with Crippen molar-refractivity contribution in [2.75, 3.05) is 11.1 Å². The number of nitrogens with one attached hydrogen (secondary N) is 1. The molecule has 0 saturated heterocycles. The Morgan fingerprint density at radius 1 is 0.963 bits per heavy atom. The van der Waals surface area contributed by atoms with E-state index in [1.807, 2.05) is 31.2 Å². The molecular formula is C19H16F2N6. The van der Waals surface area contributed by atoms with Crippen LogP contribution in [0.5, 0.6) is 0 Å². The maximum Gasteiger partial charge on any atom is 0.239 e. The lowest BCUT2D eigenvalue weighted by atomic mass is 10.2. The average Bonchev–Trinajstić information content (AvgIpc) is 2.95. The van der Waals surface area contributed by atoms with Crippen molar-refractivity contribution in [3.63, 3.8) is 0 Å². The molecule has 27 heavy (non-hydrogen) atoms. The van der Waals surface area contributed by atoms with Gasteiger partial charge in [0.25, 0.3) is 0 Å². The summed E-state index contributed by atoms with van der Waals surface area (Å²) in [4.78, 5) is 12.6. The minimum absolute atomic E-state index is 0.0512. The van der Waals surface area contributed by atoms with Gasteiger partial charge < -0.3 is 11.1 Å². The summed E-state index contributed by atoms with van der Waals surface area (Å²) in [5.74, 6) is -0.804. The summed E-state index contributed by atoms with van der Waals surface area (Å²) < 4.78 is 29.5. The van der Waals surface area contributed by atoms with Gasteiger partial charge in [0.15, 0.2) is 11.6 Å². The number of nitrogens with zero attached hydrogens (tertiary/aromatic N) is 4. The molecule has 2 aromatic heterocycles. The third-order valence-corrected chi connectivity index (χ3v) is 4.16. The van der Waals surface area contributed by atoms with Crippen molar-refractivity contribution in [2.24, 2.45) is 0 Å². The Morgan fingerprint density at radius 3 is 2.44 bits per heavy atom. The lowest BCUT2D eigenvalue weighted by Gasteiger charge is -2.12. The molecule has 0 unspecified atom stereocenters. The highest BCUT2D eigenvalue weighted by atomic mass is 19.1. The quantitative estimate of drug-likeness (QED) is 0.572. The Kier molecular flexibility index (Phi) is 3.95. The number of hydrogen-bond donors (Lipinski definition) is 2. The summed E-state index contributed by atoms with van der Waals surface area (Å²) in [5.41, 5.74) is 8.56. The highest BCUT2D eigenvalue weighted by Crippen LogP contribution is 2.25. The SMILES string of the molecule is Cc1ccc(Nc2nc(-n3c(C)nc4cc(F)ccc43)nc(N)c2F)cc1. The normalized spacial score (nSPS) is 11.1. The van der Waals surface area contributed by atoms with Crippen LogP contribution in [-0.4, -0.2) is 19.5 Å². The number of nitrogen functional groups attached to an aromatic ring is 1. The largest absolute Gasteiger partial charge is 0.381 e. The van der Waals surface area contributed by atoms with E-state index in [9.17, 15) is 8.78 Å². The second-order valence-electron chi connectivity index (χ2n) is 6.19. The van der Waals surface area contributed by atoms with E-state index in [-0.39, 0.29) is 17.6 Å². The average molecular weight is 366 g/mol. The monoisotopic (exact) mass is 366 g/mol. The Labute approximate surface area is 153 Å². The van der Waals surface area contributed by atoms with E-state index in [1.165, 1.54) is 12.1 Å². The summed E-state index contributed by atoms with van der Waals surface area (Å²) in [6.07, 6.45) is 0. The summed E-state index contributed by atoms with van der Waals surface area (Å²) in [5, 5.41) is 2.92. The van der Waals surface area contributed by atoms with Gasteiger partial charge in [-0.2, -0.15) is 14.4 Å². The number of hydrogen-bond acceptors (Lipinski definition) is 5. The van der Waals surface area contributed by atoms with Crippen molar-refractivity contribution < 1.29 is 8.78 Å². The van der Waals surface area contributed by atoms with Crippen LogP contribution in [-0.2, 0) is 0 Å². The minimum Gasteiger partial charge on any atom is -0.381 e. The molecule has 0 bridgehead atoms. The van der Waals surface area contributed by atoms with E-state index in [0.29, 0.717) is 22.5 Å². The number of benzene rings is 2. The van der Waals surface area contributed by atoms with Crippen LogP contribution in [0.3, 0.4) is 0 Å². The van der Waals surface area contributed by atoms with Crippen LogP contribution in [0.2, 0.25) is 0 Å². The molecule has 0 aliphatic carbocycles. The predicted octanol–water partition coefficient (Wildman–Crippen LogP) is 4.04. The first-order valence-electron chi connectivity index (χ1n) is 8.24. The minimum atomic E-state index is -0.743. The maximum absolute atomic E-state index is 14.5. The first kappa shape index (κ1) is 16.9. The number of aryl methyl sites for hydroxylation is 2. The van der Waals surface area contributed by atoms with Crippen LogP contribution in [0, 0.1) is 25.5 Å². The van der Waals surface area contributed by atoms with Crippen LogP contribution in [0.4, 0.5) is 26.1 Å². The Hall–Kier alpha value is -3.55. The van der Waals surface area contributed by atoms with Gasteiger partial charge >= 0.3 is 0 Å². The highest BCUT2D eigenvalue weighted by molar-refractivity contribution is 5.78.